The van der Waals surface area contributed by atoms with E-state index < -0.39 is 16.7 Å². The van der Waals surface area contributed by atoms with Gasteiger partial charge in [-0.05, 0) is 42.2 Å². The average molecular weight is 355 g/mol. The number of nitro groups is 1. The largest absolute Gasteiger partial charge is 0.272 e. The molecule has 2 N–H and O–H groups in total. The Morgan fingerprint density at radius 3 is 1.88 bits per heavy atom. The van der Waals surface area contributed by atoms with Crippen LogP contribution in [0.2, 0.25) is 0 Å². The maximum absolute atomic E-state index is 12.1. The predicted octanol–water partition coefficient (Wildman–Crippen LogP) is 3.28. The molecule has 2 rings (SSSR count). The van der Waals surface area contributed by atoms with Gasteiger partial charge in [0.15, 0.2) is 0 Å². The summed E-state index contributed by atoms with van der Waals surface area (Å²) in [6.07, 6.45) is 0. The number of amides is 2. The van der Waals surface area contributed by atoms with Crippen molar-refractivity contribution in [2.24, 2.45) is 0 Å². The lowest BCUT2D eigenvalue weighted by molar-refractivity contribution is -0.385. The van der Waals surface area contributed by atoms with Gasteiger partial charge in [0.2, 0.25) is 0 Å². The second-order valence-corrected chi connectivity index (χ2v) is 6.99. The second-order valence-electron chi connectivity index (χ2n) is 6.99. The second kappa shape index (κ2) is 7.35. The summed E-state index contributed by atoms with van der Waals surface area (Å²) in [6, 6.07) is 11.1. The highest BCUT2D eigenvalue weighted by molar-refractivity contribution is 5.99. The molecule has 0 fully saturated rings. The van der Waals surface area contributed by atoms with Crippen LogP contribution in [0.1, 0.15) is 52.6 Å². The number of hydrogen-bond donors (Lipinski definition) is 2. The van der Waals surface area contributed by atoms with Crippen molar-refractivity contribution >= 4 is 17.5 Å². The fourth-order valence-corrected chi connectivity index (χ4v) is 2.38. The first-order valence-electron chi connectivity index (χ1n) is 8.06. The van der Waals surface area contributed by atoms with Crippen molar-refractivity contribution < 1.29 is 14.5 Å². The molecule has 7 heteroatoms. The Labute approximate surface area is 151 Å². The third-order valence-electron chi connectivity index (χ3n) is 3.96. The molecule has 0 saturated heterocycles. The zero-order chi connectivity index (χ0) is 19.5. The van der Waals surface area contributed by atoms with Crippen LogP contribution < -0.4 is 10.9 Å². The van der Waals surface area contributed by atoms with Crippen LogP contribution >= 0.6 is 0 Å². The minimum atomic E-state index is -0.553. The number of aryl methyl sites for hydroxylation is 1. The number of nitrogens with one attached hydrogen (secondary N) is 2. The van der Waals surface area contributed by atoms with E-state index in [4.69, 9.17) is 0 Å². The number of carbonyl (C=O) groups is 2. The van der Waals surface area contributed by atoms with E-state index in [1.807, 2.05) is 12.1 Å². The number of nitro benzene ring substituents is 1. The van der Waals surface area contributed by atoms with Gasteiger partial charge in [0.25, 0.3) is 17.5 Å². The van der Waals surface area contributed by atoms with E-state index in [1.165, 1.54) is 18.2 Å². The molecule has 0 unspecified atom stereocenters. The van der Waals surface area contributed by atoms with Gasteiger partial charge >= 0.3 is 0 Å². The lowest BCUT2D eigenvalue weighted by Gasteiger charge is -2.19. The van der Waals surface area contributed by atoms with Crippen molar-refractivity contribution in [3.05, 3.63) is 74.8 Å². The molecular formula is C19H21N3O4. The highest BCUT2D eigenvalue weighted by atomic mass is 16.6. The quantitative estimate of drug-likeness (QED) is 0.651. The van der Waals surface area contributed by atoms with Crippen molar-refractivity contribution in [2.75, 3.05) is 0 Å². The van der Waals surface area contributed by atoms with Crippen LogP contribution in [0.3, 0.4) is 0 Å². The Morgan fingerprint density at radius 1 is 0.923 bits per heavy atom. The van der Waals surface area contributed by atoms with Gasteiger partial charge in [-0.3, -0.25) is 30.6 Å². The molecule has 7 nitrogen and oxygen atoms in total. The molecule has 0 aliphatic carbocycles. The standard InChI is InChI=1S/C19H21N3O4/c1-12-11-14(7-10-16(12)22(25)26)18(24)21-20-17(23)13-5-8-15(9-6-13)19(2,3)4/h5-11H,1-4H3,(H,20,23)(H,21,24). The highest BCUT2D eigenvalue weighted by Crippen LogP contribution is 2.22. The van der Waals surface area contributed by atoms with Gasteiger partial charge in [-0.25, -0.2) is 0 Å². The van der Waals surface area contributed by atoms with Crippen LogP contribution in [-0.4, -0.2) is 16.7 Å². The minimum absolute atomic E-state index is 0.0169. The number of rotatable bonds is 3. The van der Waals surface area contributed by atoms with Crippen LogP contribution in [0.25, 0.3) is 0 Å². The van der Waals surface area contributed by atoms with Crippen LogP contribution in [-0.2, 0) is 5.41 Å². The third kappa shape index (κ3) is 4.44. The first-order valence-corrected chi connectivity index (χ1v) is 8.06. The normalized spacial score (nSPS) is 10.9. The molecule has 2 amide bonds. The molecule has 0 aliphatic rings. The molecule has 0 aliphatic heterocycles. The van der Waals surface area contributed by atoms with E-state index in [0.29, 0.717) is 11.1 Å². The van der Waals surface area contributed by atoms with E-state index >= 15 is 0 Å². The fourth-order valence-electron chi connectivity index (χ4n) is 2.38. The highest BCUT2D eigenvalue weighted by Gasteiger charge is 2.16. The molecule has 0 radical (unpaired) electrons. The average Bonchev–Trinajstić information content (AvgIpc) is 2.58. The van der Waals surface area contributed by atoms with Crippen LogP contribution in [0, 0.1) is 17.0 Å². The molecule has 0 saturated carbocycles. The van der Waals surface area contributed by atoms with Gasteiger partial charge in [-0.15, -0.1) is 0 Å². The summed E-state index contributed by atoms with van der Waals surface area (Å²) in [7, 11) is 0. The number of nitrogens with zero attached hydrogens (tertiary/aromatic N) is 1. The monoisotopic (exact) mass is 355 g/mol. The van der Waals surface area contributed by atoms with Crippen molar-refractivity contribution in [3.8, 4) is 0 Å². The van der Waals surface area contributed by atoms with Crippen molar-refractivity contribution in [1.82, 2.24) is 10.9 Å². The van der Waals surface area contributed by atoms with Gasteiger partial charge in [-0.2, -0.15) is 0 Å². The third-order valence-corrected chi connectivity index (χ3v) is 3.96. The number of hydrazine groups is 1. The SMILES string of the molecule is Cc1cc(C(=O)NNC(=O)c2ccc(C(C)(C)C)cc2)ccc1[N+](=O)[O-]. The Balaban J connectivity index is 2.02. The van der Waals surface area contributed by atoms with E-state index in [9.17, 15) is 19.7 Å². The van der Waals surface area contributed by atoms with E-state index in [-0.39, 0.29) is 16.7 Å². The van der Waals surface area contributed by atoms with Crippen LogP contribution in [0.15, 0.2) is 42.5 Å². The molecular weight excluding hydrogens is 334 g/mol. The van der Waals surface area contributed by atoms with Gasteiger partial charge in [0.1, 0.15) is 0 Å². The molecule has 0 bridgehead atoms. The summed E-state index contributed by atoms with van der Waals surface area (Å²) in [5, 5.41) is 10.8. The summed E-state index contributed by atoms with van der Waals surface area (Å²) < 4.78 is 0. The maximum atomic E-state index is 12.1. The predicted molar refractivity (Wildman–Crippen MR) is 97.9 cm³/mol. The van der Waals surface area contributed by atoms with Crippen molar-refractivity contribution in [2.45, 2.75) is 33.1 Å². The summed E-state index contributed by atoms with van der Waals surface area (Å²) in [5.74, 6) is -1.000. The molecule has 2 aromatic rings. The van der Waals surface area contributed by atoms with E-state index in [1.54, 1.807) is 19.1 Å². The molecule has 136 valence electrons. The number of benzene rings is 2. The van der Waals surface area contributed by atoms with Crippen molar-refractivity contribution in [1.29, 1.82) is 0 Å². The summed E-state index contributed by atoms with van der Waals surface area (Å²) in [4.78, 5) is 34.5. The Kier molecular flexibility index (Phi) is 5.40. The first kappa shape index (κ1) is 19.1. The molecule has 0 atom stereocenters. The minimum Gasteiger partial charge on any atom is -0.267 e. The van der Waals surface area contributed by atoms with Crippen molar-refractivity contribution in [3.63, 3.8) is 0 Å². The molecule has 0 aromatic heterocycles. The summed E-state index contributed by atoms with van der Waals surface area (Å²) in [6.45, 7) is 7.78. The smallest absolute Gasteiger partial charge is 0.267 e. The van der Waals surface area contributed by atoms with Gasteiger partial charge < -0.3 is 0 Å². The molecule has 2 aromatic carbocycles. The molecule has 0 spiro atoms. The van der Waals surface area contributed by atoms with E-state index in [2.05, 4.69) is 31.6 Å². The zero-order valence-electron chi connectivity index (χ0n) is 15.1. The maximum Gasteiger partial charge on any atom is 0.272 e. The first-order chi connectivity index (χ1) is 12.1. The molecule has 26 heavy (non-hydrogen) atoms. The molecule has 0 heterocycles. The Hall–Kier alpha value is -3.22. The summed E-state index contributed by atoms with van der Waals surface area (Å²) >= 11 is 0. The number of hydrogen-bond acceptors (Lipinski definition) is 4. The Bertz CT molecular complexity index is 852. The lowest BCUT2D eigenvalue weighted by Crippen LogP contribution is -2.41. The number of carbonyl (C=O) groups excluding carboxylic acids is 2. The lowest BCUT2D eigenvalue weighted by atomic mass is 9.87. The summed E-state index contributed by atoms with van der Waals surface area (Å²) in [5.41, 5.74) is 6.67. The van der Waals surface area contributed by atoms with Crippen LogP contribution in [0.5, 0.6) is 0 Å². The Morgan fingerprint density at radius 2 is 1.42 bits per heavy atom. The van der Waals surface area contributed by atoms with Crippen LogP contribution in [0.4, 0.5) is 5.69 Å². The van der Waals surface area contributed by atoms with Gasteiger partial charge in [-0.1, -0.05) is 32.9 Å². The van der Waals surface area contributed by atoms with Gasteiger partial charge in [0.05, 0.1) is 4.92 Å². The zero-order valence-corrected chi connectivity index (χ0v) is 15.1. The van der Waals surface area contributed by atoms with E-state index in [0.717, 1.165) is 5.56 Å². The fraction of sp³-hybridized carbons (Fsp3) is 0.263. The topological polar surface area (TPSA) is 101 Å². The van der Waals surface area contributed by atoms with Gasteiger partial charge in [0, 0.05) is 22.8 Å².